The predicted molar refractivity (Wildman–Crippen MR) is 233 cm³/mol. The zero-order valence-corrected chi connectivity index (χ0v) is 39.0. The summed E-state index contributed by atoms with van der Waals surface area (Å²) in [6, 6.07) is 11.9. The molecular formula is C32H30N8O21S7. The van der Waals surface area contributed by atoms with Gasteiger partial charge in [0.15, 0.2) is 19.7 Å². The summed E-state index contributed by atoms with van der Waals surface area (Å²) in [7, 11) is -34.0. The fourth-order valence-corrected chi connectivity index (χ4v) is 10.4. The van der Waals surface area contributed by atoms with E-state index < -0.39 is 149 Å². The minimum atomic E-state index is -5.34. The number of sulfone groups is 2. The van der Waals surface area contributed by atoms with Gasteiger partial charge in [0.25, 0.3) is 30.4 Å². The lowest BCUT2D eigenvalue weighted by Gasteiger charge is -2.11. The zero-order valence-electron chi connectivity index (χ0n) is 33.3. The second kappa shape index (κ2) is 19.6. The monoisotopic (exact) mass is 1090 g/mol. The van der Waals surface area contributed by atoms with Crippen LogP contribution in [0.4, 0.5) is 45.5 Å². The first kappa shape index (κ1) is 53.1. The molecule has 36 heteroatoms. The lowest BCUT2D eigenvalue weighted by molar-refractivity contribution is 0.282. The maximum absolute atomic E-state index is 12.6. The Balaban J connectivity index is 1.62. The molecule has 0 spiro atoms. The molecule has 0 aliphatic heterocycles. The topological polar surface area (TPSA) is 485 Å². The number of hydrogen-bond acceptors (Lipinski definition) is 24. The molecule has 366 valence electrons. The maximum atomic E-state index is 12.6. The van der Waals surface area contributed by atoms with Crippen LogP contribution in [0, 0.1) is 0 Å². The van der Waals surface area contributed by atoms with Crippen LogP contribution in [0.2, 0.25) is 0 Å². The van der Waals surface area contributed by atoms with Crippen molar-refractivity contribution in [2.45, 2.75) is 24.5 Å². The first-order chi connectivity index (χ1) is 31.1. The highest BCUT2D eigenvalue weighted by molar-refractivity contribution is 7.92. The van der Waals surface area contributed by atoms with Crippen LogP contribution in [0.3, 0.4) is 0 Å². The summed E-state index contributed by atoms with van der Waals surface area (Å²) in [6.07, 6.45) is 0. The van der Waals surface area contributed by atoms with Crippen LogP contribution in [0.25, 0.3) is 10.8 Å². The highest BCUT2D eigenvalue weighted by atomic mass is 32.3. The summed E-state index contributed by atoms with van der Waals surface area (Å²) < 4.78 is 222. The van der Waals surface area contributed by atoms with Crippen LogP contribution in [0.15, 0.2) is 134 Å². The number of hydrogen-bond donors (Lipinski definition) is 7. The number of nitrogens with zero attached hydrogens (tertiary/aromatic N) is 6. The fraction of sp³-hybridized carbons (Fsp3) is 0.125. The van der Waals surface area contributed by atoms with E-state index in [-0.39, 0.29) is 26.9 Å². The summed E-state index contributed by atoms with van der Waals surface area (Å²) in [5.41, 5.74) is 9.52. The van der Waals surface area contributed by atoms with Gasteiger partial charge in [-0.05, 0) is 84.2 Å². The molecule has 5 aromatic rings. The Bertz CT molecular complexity index is 3740. The van der Waals surface area contributed by atoms with Crippen molar-refractivity contribution in [1.82, 2.24) is 0 Å². The molecule has 0 fully saturated rings. The van der Waals surface area contributed by atoms with E-state index in [1.165, 1.54) is 0 Å². The van der Waals surface area contributed by atoms with E-state index in [9.17, 15) is 72.6 Å². The van der Waals surface area contributed by atoms with Crippen molar-refractivity contribution in [2.24, 2.45) is 30.7 Å². The van der Waals surface area contributed by atoms with E-state index in [2.05, 4.69) is 39.1 Å². The van der Waals surface area contributed by atoms with Crippen molar-refractivity contribution in [1.29, 1.82) is 0 Å². The van der Waals surface area contributed by atoms with Crippen LogP contribution in [-0.4, -0.2) is 106 Å². The third-order valence-electron chi connectivity index (χ3n) is 8.52. The van der Waals surface area contributed by atoms with Gasteiger partial charge in [0.05, 0.1) is 62.2 Å². The molecule has 0 aromatic heterocycles. The first-order valence-electron chi connectivity index (χ1n) is 17.6. The third kappa shape index (κ3) is 13.9. The van der Waals surface area contributed by atoms with Gasteiger partial charge in [-0.3, -0.25) is 22.8 Å². The average Bonchev–Trinajstić information content (AvgIpc) is 3.20. The molecule has 68 heavy (non-hydrogen) atoms. The van der Waals surface area contributed by atoms with Gasteiger partial charge < -0.3 is 11.5 Å². The SMILES string of the molecule is Nc1c(N=Nc2ccc(S(=O)(=O)CCOS(=O)(=O)O)cc2)cc(N=Nc2cc3c(S(=O)(=O)O)cc(S(=O)(=O)O)cc3cc2S(=O)(=O)O)c(N)c1N=Nc1ccc(S(=O)(=O)CCOS(=O)(=O)O)cc1. The zero-order chi connectivity index (χ0) is 50.8. The number of benzene rings is 5. The lowest BCUT2D eigenvalue weighted by Crippen LogP contribution is -2.15. The number of azo groups is 3. The molecule has 0 atom stereocenters. The van der Waals surface area contributed by atoms with E-state index in [1.807, 2.05) is 0 Å². The van der Waals surface area contributed by atoms with Crippen molar-refractivity contribution in [3.8, 4) is 0 Å². The maximum Gasteiger partial charge on any atom is 0.397 e. The molecular weight excluding hydrogens is 1060 g/mol. The summed E-state index contributed by atoms with van der Waals surface area (Å²) in [4.78, 5) is -4.04. The van der Waals surface area contributed by atoms with Gasteiger partial charge in [-0.25, -0.2) is 25.2 Å². The van der Waals surface area contributed by atoms with Crippen LogP contribution < -0.4 is 11.5 Å². The number of fused-ring (bicyclic) bond motifs is 1. The smallest absolute Gasteiger partial charge is 0.395 e. The summed E-state index contributed by atoms with van der Waals surface area (Å²) in [6.45, 7) is -1.83. The second-order valence-electron chi connectivity index (χ2n) is 13.2. The van der Waals surface area contributed by atoms with Gasteiger partial charge in [0, 0.05) is 5.39 Å². The van der Waals surface area contributed by atoms with Crippen molar-refractivity contribution < 1.29 is 90.1 Å². The molecule has 0 radical (unpaired) electrons. The summed E-state index contributed by atoms with van der Waals surface area (Å²) in [5, 5.41) is 22.5. The summed E-state index contributed by atoms with van der Waals surface area (Å²) in [5.74, 6) is -1.72. The van der Waals surface area contributed by atoms with Crippen molar-refractivity contribution in [3.63, 3.8) is 0 Å². The van der Waals surface area contributed by atoms with Crippen LogP contribution in [0.5, 0.6) is 0 Å². The molecule has 0 aliphatic carbocycles. The van der Waals surface area contributed by atoms with Gasteiger partial charge in [-0.1, -0.05) is 0 Å². The van der Waals surface area contributed by atoms with E-state index >= 15 is 0 Å². The van der Waals surface area contributed by atoms with Crippen molar-refractivity contribution in [2.75, 3.05) is 36.2 Å². The summed E-state index contributed by atoms with van der Waals surface area (Å²) >= 11 is 0. The number of nitrogens with two attached hydrogens (primary N) is 2. The molecule has 5 aromatic carbocycles. The first-order valence-corrected chi connectivity index (χ1v) is 27.9. The lowest BCUT2D eigenvalue weighted by atomic mass is 10.1. The van der Waals surface area contributed by atoms with E-state index in [1.54, 1.807) is 0 Å². The van der Waals surface area contributed by atoms with E-state index in [0.29, 0.717) is 24.3 Å². The van der Waals surface area contributed by atoms with Crippen LogP contribution in [0.1, 0.15) is 0 Å². The van der Waals surface area contributed by atoms with Gasteiger partial charge >= 0.3 is 20.8 Å². The number of rotatable bonds is 19. The molecule has 0 saturated heterocycles. The normalized spacial score (nSPS) is 13.6. The molecule has 5 rings (SSSR count). The standard InChI is InChI=1S/C32H30N8O21S7/c33-30-26(38-35-19-1-5-21(6-2-19)62(41,42)11-9-60-67(54,55)56)17-27(31(34)32(30)40-36-20-3-7-22(8-4-20)63(43,44)12-10-61-68(57,58)59)39-37-25-16-24-18(14-29(25)66(51,52)53)13-23(64(45,46)47)15-28(24)65(48,49)50/h1-8,13-17H,9-12,33-34H2,(H,45,46,47)(H,48,49,50)(H,51,52,53)(H,54,55,56)(H,57,58,59). The fourth-order valence-electron chi connectivity index (χ4n) is 5.41. The van der Waals surface area contributed by atoms with E-state index in [4.69, 9.17) is 20.6 Å². The van der Waals surface area contributed by atoms with Gasteiger partial charge in [-0.2, -0.15) is 52.3 Å². The molecule has 0 heterocycles. The number of nitrogen functional groups attached to an aromatic ring is 2. The molecule has 29 nitrogen and oxygen atoms in total. The largest absolute Gasteiger partial charge is 0.397 e. The third-order valence-corrected chi connectivity index (χ3v) is 15.4. The Morgan fingerprint density at radius 3 is 1.25 bits per heavy atom. The Kier molecular flexibility index (Phi) is 15.3. The second-order valence-corrected chi connectivity index (χ2v) is 23.8. The Labute approximate surface area is 385 Å². The Hall–Kier alpha value is -5.87. The van der Waals surface area contributed by atoms with Crippen LogP contribution in [-0.2, 0) is 79.2 Å². The highest BCUT2D eigenvalue weighted by Crippen LogP contribution is 2.46. The average molecular weight is 1090 g/mol. The van der Waals surface area contributed by atoms with Gasteiger partial charge in [0.2, 0.25) is 0 Å². The van der Waals surface area contributed by atoms with Crippen LogP contribution >= 0.6 is 0 Å². The minimum absolute atomic E-state index is 0.0407. The Morgan fingerprint density at radius 2 is 0.838 bits per heavy atom. The quantitative estimate of drug-likeness (QED) is 0.0346. The van der Waals surface area contributed by atoms with Gasteiger partial charge in [-0.15, -0.1) is 20.5 Å². The predicted octanol–water partition coefficient (Wildman–Crippen LogP) is 4.18. The molecule has 9 N–H and O–H groups in total. The van der Waals surface area contributed by atoms with Crippen molar-refractivity contribution in [3.05, 3.63) is 78.9 Å². The number of anilines is 2. The highest BCUT2D eigenvalue weighted by Gasteiger charge is 2.26. The minimum Gasteiger partial charge on any atom is -0.395 e. The molecule has 0 amide bonds. The molecule has 0 unspecified atom stereocenters. The molecule has 0 saturated carbocycles. The molecule has 0 aliphatic rings. The molecule has 0 bridgehead atoms. The van der Waals surface area contributed by atoms with Gasteiger partial charge in [0.1, 0.15) is 32.5 Å². The van der Waals surface area contributed by atoms with Crippen molar-refractivity contribution >= 4 is 127 Å². The van der Waals surface area contributed by atoms with E-state index in [0.717, 1.165) is 54.6 Å². The Morgan fingerprint density at radius 1 is 0.426 bits per heavy atom.